The molecule has 0 atom stereocenters. The number of rotatable bonds is 5. The number of hydrogen-bond donors (Lipinski definition) is 2. The van der Waals surface area contributed by atoms with Gasteiger partial charge in [0, 0.05) is 23.7 Å². The molecule has 2 N–H and O–H groups in total. The molecule has 0 aromatic heterocycles. The van der Waals surface area contributed by atoms with Crippen LogP contribution in [0.2, 0.25) is 5.02 Å². The summed E-state index contributed by atoms with van der Waals surface area (Å²) in [4.78, 5) is 12.0. The monoisotopic (exact) mass is 269 g/mol. The number of aliphatic hydroxyl groups excluding tert-OH is 1. The van der Waals surface area contributed by atoms with E-state index < -0.39 is 0 Å². The van der Waals surface area contributed by atoms with Crippen LogP contribution < -0.4 is 5.32 Å². The quantitative estimate of drug-likeness (QED) is 0.864. The molecule has 0 saturated carbocycles. The first-order valence-electron chi connectivity index (χ1n) is 6.01. The first kappa shape index (κ1) is 15.0. The Morgan fingerprint density at radius 1 is 1.44 bits per heavy atom. The molecule has 0 radical (unpaired) electrons. The van der Waals surface area contributed by atoms with E-state index in [-0.39, 0.29) is 17.9 Å². The third-order valence-electron chi connectivity index (χ3n) is 2.95. The van der Waals surface area contributed by atoms with Gasteiger partial charge in [0.15, 0.2) is 0 Å². The van der Waals surface area contributed by atoms with Crippen LogP contribution in [0.25, 0.3) is 0 Å². The molecule has 0 bridgehead atoms. The predicted molar refractivity (Wildman–Crippen MR) is 74.0 cm³/mol. The van der Waals surface area contributed by atoms with Gasteiger partial charge in [0.25, 0.3) is 5.91 Å². The summed E-state index contributed by atoms with van der Waals surface area (Å²) in [5.74, 6) is -0.102. The first-order valence-corrected chi connectivity index (χ1v) is 6.39. The van der Waals surface area contributed by atoms with Gasteiger partial charge < -0.3 is 10.4 Å². The molecule has 0 spiro atoms. The van der Waals surface area contributed by atoms with Gasteiger partial charge in [0.1, 0.15) is 0 Å². The Labute approximate surface area is 113 Å². The zero-order valence-electron chi connectivity index (χ0n) is 11.1. The van der Waals surface area contributed by atoms with Crippen LogP contribution in [0.5, 0.6) is 0 Å². The van der Waals surface area contributed by atoms with E-state index in [4.69, 9.17) is 16.7 Å². The van der Waals surface area contributed by atoms with Crippen molar-refractivity contribution in [1.82, 2.24) is 5.32 Å². The zero-order chi connectivity index (χ0) is 13.8. The molecule has 0 aliphatic rings. The van der Waals surface area contributed by atoms with Crippen molar-refractivity contribution in [3.05, 3.63) is 34.3 Å². The number of amides is 1. The second-order valence-electron chi connectivity index (χ2n) is 5.28. The normalized spacial score (nSPS) is 11.4. The van der Waals surface area contributed by atoms with Gasteiger partial charge in [-0.25, -0.2) is 0 Å². The van der Waals surface area contributed by atoms with Crippen molar-refractivity contribution < 1.29 is 9.90 Å². The smallest absolute Gasteiger partial charge is 0.251 e. The highest BCUT2D eigenvalue weighted by atomic mass is 35.5. The lowest BCUT2D eigenvalue weighted by molar-refractivity contribution is 0.0927. The van der Waals surface area contributed by atoms with E-state index in [9.17, 15) is 4.79 Å². The van der Waals surface area contributed by atoms with Crippen molar-refractivity contribution in [2.24, 2.45) is 5.41 Å². The van der Waals surface area contributed by atoms with E-state index in [1.165, 1.54) is 0 Å². The third-order valence-corrected chi connectivity index (χ3v) is 3.18. The molecule has 0 heterocycles. The Morgan fingerprint density at radius 3 is 2.67 bits per heavy atom. The number of carbonyl (C=O) groups excluding carboxylic acids is 1. The maximum absolute atomic E-state index is 12.0. The molecular weight excluding hydrogens is 250 g/mol. The first-order chi connectivity index (χ1) is 8.35. The van der Waals surface area contributed by atoms with Gasteiger partial charge in [-0.05, 0) is 42.5 Å². The standard InChI is InChI=1S/C14H20ClNO2/c1-10-8-11(15)4-5-12(10)13(18)16-9-14(2,3)6-7-17/h4-5,8,17H,6-7,9H2,1-3H3,(H,16,18). The van der Waals surface area contributed by atoms with Crippen LogP contribution in [-0.2, 0) is 0 Å². The van der Waals surface area contributed by atoms with Gasteiger partial charge in [-0.3, -0.25) is 4.79 Å². The number of halogens is 1. The minimum atomic E-state index is -0.106. The molecule has 3 nitrogen and oxygen atoms in total. The maximum Gasteiger partial charge on any atom is 0.251 e. The zero-order valence-corrected chi connectivity index (χ0v) is 11.8. The average molecular weight is 270 g/mol. The molecule has 100 valence electrons. The van der Waals surface area contributed by atoms with Crippen LogP contribution >= 0.6 is 11.6 Å². The van der Waals surface area contributed by atoms with Gasteiger partial charge in [-0.2, -0.15) is 0 Å². The van der Waals surface area contributed by atoms with Crippen molar-refractivity contribution in [1.29, 1.82) is 0 Å². The van der Waals surface area contributed by atoms with Crippen LogP contribution in [0.1, 0.15) is 36.2 Å². The van der Waals surface area contributed by atoms with E-state index >= 15 is 0 Å². The molecule has 0 fully saturated rings. The largest absolute Gasteiger partial charge is 0.396 e. The second-order valence-corrected chi connectivity index (χ2v) is 5.72. The lowest BCUT2D eigenvalue weighted by Gasteiger charge is -2.24. The SMILES string of the molecule is Cc1cc(Cl)ccc1C(=O)NCC(C)(C)CCO. The molecule has 0 aliphatic carbocycles. The second kappa shape index (κ2) is 6.21. The molecule has 1 aromatic carbocycles. The molecule has 4 heteroatoms. The van der Waals surface area contributed by atoms with Gasteiger partial charge >= 0.3 is 0 Å². The highest BCUT2D eigenvalue weighted by Crippen LogP contribution is 2.19. The molecule has 1 amide bonds. The van der Waals surface area contributed by atoms with E-state index in [1.54, 1.807) is 18.2 Å². The molecular formula is C14H20ClNO2. The Balaban J connectivity index is 2.66. The van der Waals surface area contributed by atoms with Crippen molar-refractivity contribution in [2.45, 2.75) is 27.2 Å². The van der Waals surface area contributed by atoms with Gasteiger partial charge in [0.05, 0.1) is 0 Å². The Bertz CT molecular complexity index is 430. The summed E-state index contributed by atoms with van der Waals surface area (Å²) >= 11 is 5.85. The van der Waals surface area contributed by atoms with Crippen molar-refractivity contribution in [3.63, 3.8) is 0 Å². The van der Waals surface area contributed by atoms with Crippen LogP contribution in [0.3, 0.4) is 0 Å². The Kier molecular flexibility index (Phi) is 5.17. The lowest BCUT2D eigenvalue weighted by Crippen LogP contribution is -2.34. The summed E-state index contributed by atoms with van der Waals surface area (Å²) in [5, 5.41) is 12.5. The fourth-order valence-corrected chi connectivity index (χ4v) is 1.91. The fraction of sp³-hybridized carbons (Fsp3) is 0.500. The van der Waals surface area contributed by atoms with Crippen molar-refractivity contribution >= 4 is 17.5 Å². The number of hydrogen-bond acceptors (Lipinski definition) is 2. The molecule has 0 aliphatic heterocycles. The minimum absolute atomic E-state index is 0.102. The van der Waals surface area contributed by atoms with E-state index in [0.717, 1.165) is 5.56 Å². The van der Waals surface area contributed by atoms with E-state index in [1.807, 2.05) is 20.8 Å². The summed E-state index contributed by atoms with van der Waals surface area (Å²) in [5.41, 5.74) is 1.39. The van der Waals surface area contributed by atoms with Gasteiger partial charge in [-0.1, -0.05) is 25.4 Å². The Morgan fingerprint density at radius 2 is 2.11 bits per heavy atom. The third kappa shape index (κ3) is 4.31. The summed E-state index contributed by atoms with van der Waals surface area (Å²) in [6, 6.07) is 5.21. The van der Waals surface area contributed by atoms with Crippen LogP contribution in [0.4, 0.5) is 0 Å². The summed E-state index contributed by atoms with van der Waals surface area (Å²) in [6.07, 6.45) is 0.660. The number of aliphatic hydroxyl groups is 1. The summed E-state index contributed by atoms with van der Waals surface area (Å²) in [6.45, 7) is 6.55. The summed E-state index contributed by atoms with van der Waals surface area (Å²) in [7, 11) is 0. The number of carbonyl (C=O) groups is 1. The molecule has 1 aromatic rings. The number of aryl methyl sites for hydroxylation is 1. The van der Waals surface area contributed by atoms with Gasteiger partial charge in [-0.15, -0.1) is 0 Å². The van der Waals surface area contributed by atoms with Crippen LogP contribution in [0.15, 0.2) is 18.2 Å². The minimum Gasteiger partial charge on any atom is -0.396 e. The van der Waals surface area contributed by atoms with Crippen molar-refractivity contribution in [3.8, 4) is 0 Å². The lowest BCUT2D eigenvalue weighted by atomic mass is 9.89. The maximum atomic E-state index is 12.0. The van der Waals surface area contributed by atoms with Crippen molar-refractivity contribution in [2.75, 3.05) is 13.2 Å². The van der Waals surface area contributed by atoms with Crippen LogP contribution in [-0.4, -0.2) is 24.2 Å². The highest BCUT2D eigenvalue weighted by Gasteiger charge is 2.19. The molecule has 0 saturated heterocycles. The molecule has 0 unspecified atom stereocenters. The highest BCUT2D eigenvalue weighted by molar-refractivity contribution is 6.30. The average Bonchev–Trinajstić information content (AvgIpc) is 2.26. The fourth-order valence-electron chi connectivity index (χ4n) is 1.69. The molecule has 1 rings (SSSR count). The number of benzene rings is 1. The summed E-state index contributed by atoms with van der Waals surface area (Å²) < 4.78 is 0. The van der Waals surface area contributed by atoms with E-state index in [0.29, 0.717) is 23.6 Å². The van der Waals surface area contributed by atoms with Gasteiger partial charge in [0.2, 0.25) is 0 Å². The predicted octanol–water partition coefficient (Wildman–Crippen LogP) is 2.79. The Hall–Kier alpha value is -1.06. The molecule has 18 heavy (non-hydrogen) atoms. The topological polar surface area (TPSA) is 49.3 Å². The van der Waals surface area contributed by atoms with E-state index in [2.05, 4.69) is 5.32 Å². The van der Waals surface area contributed by atoms with Crippen LogP contribution in [0, 0.1) is 12.3 Å². The number of nitrogens with one attached hydrogen (secondary N) is 1.